The molecule has 0 unspecified atom stereocenters. The molecule has 0 bridgehead atoms. The minimum Gasteiger partial charge on any atom is -0.383 e. The van der Waals surface area contributed by atoms with Crippen molar-refractivity contribution >= 4 is 29.0 Å². The third-order valence-electron chi connectivity index (χ3n) is 3.02. The first kappa shape index (κ1) is 18.5. The van der Waals surface area contributed by atoms with Crippen LogP contribution < -0.4 is 0 Å². The van der Waals surface area contributed by atoms with E-state index in [1.54, 1.807) is 12.0 Å². The molecule has 24 heavy (non-hydrogen) atoms. The van der Waals surface area contributed by atoms with E-state index in [9.17, 15) is 4.79 Å². The molecule has 2 aromatic rings. The summed E-state index contributed by atoms with van der Waals surface area (Å²) in [5.41, 5.74) is 0.940. The van der Waals surface area contributed by atoms with E-state index in [0.29, 0.717) is 25.4 Å². The first-order chi connectivity index (χ1) is 11.7. The zero-order valence-electron chi connectivity index (χ0n) is 13.7. The van der Waals surface area contributed by atoms with Crippen molar-refractivity contribution in [2.24, 2.45) is 0 Å². The molecule has 2 rings (SSSR count). The number of thioether (sulfide) groups is 1. The molecule has 0 aliphatic rings. The van der Waals surface area contributed by atoms with Crippen molar-refractivity contribution in [2.45, 2.75) is 11.3 Å². The third-order valence-corrected chi connectivity index (χ3v) is 4.98. The molecule has 0 saturated heterocycles. The van der Waals surface area contributed by atoms with Gasteiger partial charge >= 0.3 is 0 Å². The monoisotopic (exact) mass is 361 g/mol. The van der Waals surface area contributed by atoms with Crippen molar-refractivity contribution in [1.29, 1.82) is 0 Å². The van der Waals surface area contributed by atoms with Gasteiger partial charge in [-0.1, -0.05) is 53.1 Å². The lowest BCUT2D eigenvalue weighted by molar-refractivity contribution is -0.128. The molecule has 0 radical (unpaired) electrons. The fourth-order valence-corrected chi connectivity index (χ4v) is 3.52. The molecule has 126 valence electrons. The summed E-state index contributed by atoms with van der Waals surface area (Å²) in [5, 5.41) is 8.87. The van der Waals surface area contributed by atoms with Gasteiger partial charge in [0.25, 0.3) is 0 Å². The van der Waals surface area contributed by atoms with Crippen molar-refractivity contribution in [3.8, 4) is 11.8 Å². The smallest absolute Gasteiger partial charge is 0.233 e. The molecule has 7 heteroatoms. The van der Waals surface area contributed by atoms with Gasteiger partial charge in [0.05, 0.1) is 18.9 Å². The van der Waals surface area contributed by atoms with Gasteiger partial charge in [-0.3, -0.25) is 4.79 Å². The molecule has 0 fully saturated rings. The van der Waals surface area contributed by atoms with E-state index in [0.717, 1.165) is 14.9 Å². The average Bonchev–Trinajstić information content (AvgIpc) is 3.02. The molecular weight excluding hydrogens is 342 g/mol. The van der Waals surface area contributed by atoms with Crippen LogP contribution in [0.2, 0.25) is 0 Å². The highest BCUT2D eigenvalue weighted by molar-refractivity contribution is 8.01. The maximum atomic E-state index is 12.4. The van der Waals surface area contributed by atoms with Crippen LogP contribution in [0.1, 0.15) is 10.6 Å². The number of rotatable bonds is 7. The van der Waals surface area contributed by atoms with Gasteiger partial charge in [0.2, 0.25) is 5.91 Å². The number of aromatic nitrogens is 2. The molecule has 0 aliphatic carbocycles. The number of hydrogen-bond acceptors (Lipinski definition) is 6. The van der Waals surface area contributed by atoms with Crippen LogP contribution >= 0.6 is 23.1 Å². The number of methoxy groups -OCH3 is 1. The fraction of sp³-hybridized carbons (Fsp3) is 0.353. The van der Waals surface area contributed by atoms with Gasteiger partial charge in [-0.15, -0.1) is 10.2 Å². The van der Waals surface area contributed by atoms with Crippen LogP contribution in [0, 0.1) is 18.8 Å². The summed E-state index contributed by atoms with van der Waals surface area (Å²) in [6, 6.07) is 9.73. The molecule has 0 atom stereocenters. The van der Waals surface area contributed by atoms with Crippen molar-refractivity contribution in [3.05, 3.63) is 40.9 Å². The van der Waals surface area contributed by atoms with Gasteiger partial charge in [0.1, 0.15) is 5.01 Å². The minimum absolute atomic E-state index is 0.0206. The van der Waals surface area contributed by atoms with Gasteiger partial charge < -0.3 is 9.64 Å². The SMILES string of the molecule is COCCN(CC#Cc1ccccc1)C(=O)CSc1nnc(C)s1. The van der Waals surface area contributed by atoms with Crippen LogP contribution in [0.3, 0.4) is 0 Å². The Bertz CT molecular complexity index is 707. The first-order valence-corrected chi connectivity index (χ1v) is 9.23. The molecule has 0 aliphatic heterocycles. The summed E-state index contributed by atoms with van der Waals surface area (Å²) in [6.45, 7) is 3.29. The van der Waals surface area contributed by atoms with Crippen molar-refractivity contribution in [3.63, 3.8) is 0 Å². The van der Waals surface area contributed by atoms with Crippen LogP contribution in [0.25, 0.3) is 0 Å². The van der Waals surface area contributed by atoms with E-state index < -0.39 is 0 Å². The summed E-state index contributed by atoms with van der Waals surface area (Å²) >= 11 is 2.90. The summed E-state index contributed by atoms with van der Waals surface area (Å²) < 4.78 is 5.89. The lowest BCUT2D eigenvalue weighted by Gasteiger charge is -2.19. The summed E-state index contributed by atoms with van der Waals surface area (Å²) in [7, 11) is 1.62. The quantitative estimate of drug-likeness (QED) is 0.560. The van der Waals surface area contributed by atoms with E-state index in [1.807, 2.05) is 37.3 Å². The Morgan fingerprint density at radius 2 is 2.12 bits per heavy atom. The first-order valence-electron chi connectivity index (χ1n) is 7.42. The highest BCUT2D eigenvalue weighted by Crippen LogP contribution is 2.21. The van der Waals surface area contributed by atoms with Gasteiger partial charge in [-0.25, -0.2) is 0 Å². The third kappa shape index (κ3) is 6.32. The average molecular weight is 361 g/mol. The molecule has 1 heterocycles. The maximum absolute atomic E-state index is 12.4. The number of hydrogen-bond donors (Lipinski definition) is 0. The van der Waals surface area contributed by atoms with E-state index in [2.05, 4.69) is 22.0 Å². The zero-order valence-corrected chi connectivity index (χ0v) is 15.3. The Morgan fingerprint density at radius 3 is 2.79 bits per heavy atom. The van der Waals surface area contributed by atoms with Gasteiger partial charge in [0, 0.05) is 19.2 Å². The van der Waals surface area contributed by atoms with Crippen LogP contribution in [0.15, 0.2) is 34.7 Å². The van der Waals surface area contributed by atoms with Gasteiger partial charge in [0.15, 0.2) is 4.34 Å². The van der Waals surface area contributed by atoms with Crippen molar-refractivity contribution in [1.82, 2.24) is 15.1 Å². The summed E-state index contributed by atoms with van der Waals surface area (Å²) in [5.74, 6) is 6.48. The Hall–Kier alpha value is -1.88. The minimum atomic E-state index is 0.0206. The largest absolute Gasteiger partial charge is 0.383 e. The highest BCUT2D eigenvalue weighted by Gasteiger charge is 2.14. The Morgan fingerprint density at radius 1 is 1.33 bits per heavy atom. The number of aryl methyl sites for hydroxylation is 1. The standard InChI is InChI=1S/C17H19N3O2S2/c1-14-18-19-17(24-14)23-13-16(21)20(11-12-22-2)10-6-9-15-7-4-3-5-8-15/h3-5,7-8H,10-13H2,1-2H3. The molecule has 1 aromatic carbocycles. The summed E-state index contributed by atoms with van der Waals surface area (Å²) in [6.07, 6.45) is 0. The van der Waals surface area contributed by atoms with E-state index >= 15 is 0 Å². The normalized spacial score (nSPS) is 10.1. The van der Waals surface area contributed by atoms with Crippen molar-refractivity contribution in [2.75, 3.05) is 32.6 Å². The highest BCUT2D eigenvalue weighted by atomic mass is 32.2. The Balaban J connectivity index is 1.91. The second-order valence-corrected chi connectivity index (χ2v) is 7.26. The number of ether oxygens (including phenoxy) is 1. The maximum Gasteiger partial charge on any atom is 0.233 e. The molecule has 1 aromatic heterocycles. The Kier molecular flexibility index (Phi) is 7.75. The van der Waals surface area contributed by atoms with Crippen LogP contribution in [0.4, 0.5) is 0 Å². The summed E-state index contributed by atoms with van der Waals surface area (Å²) in [4.78, 5) is 14.1. The van der Waals surface area contributed by atoms with Crippen LogP contribution in [-0.2, 0) is 9.53 Å². The molecular formula is C17H19N3O2S2. The topological polar surface area (TPSA) is 55.3 Å². The molecule has 0 spiro atoms. The number of amides is 1. The van der Waals surface area contributed by atoms with Gasteiger partial charge in [-0.2, -0.15) is 0 Å². The number of nitrogens with zero attached hydrogens (tertiary/aromatic N) is 3. The predicted octanol–water partition coefficient (Wildman–Crippen LogP) is 2.47. The number of carbonyl (C=O) groups excluding carboxylic acids is 1. The lowest BCUT2D eigenvalue weighted by atomic mass is 10.2. The van der Waals surface area contributed by atoms with E-state index in [-0.39, 0.29) is 5.91 Å². The number of benzene rings is 1. The predicted molar refractivity (Wildman–Crippen MR) is 97.1 cm³/mol. The lowest BCUT2D eigenvalue weighted by Crippen LogP contribution is -2.35. The van der Waals surface area contributed by atoms with Crippen molar-refractivity contribution < 1.29 is 9.53 Å². The van der Waals surface area contributed by atoms with E-state index in [1.165, 1.54) is 23.1 Å². The molecule has 0 N–H and O–H groups in total. The van der Waals surface area contributed by atoms with E-state index in [4.69, 9.17) is 4.74 Å². The number of carbonyl (C=O) groups is 1. The molecule has 5 nitrogen and oxygen atoms in total. The van der Waals surface area contributed by atoms with Crippen LogP contribution in [0.5, 0.6) is 0 Å². The van der Waals surface area contributed by atoms with Crippen LogP contribution in [-0.4, -0.2) is 53.6 Å². The fourth-order valence-electron chi connectivity index (χ4n) is 1.80. The second kappa shape index (κ2) is 10.1. The molecule has 0 saturated carbocycles. The van der Waals surface area contributed by atoms with Gasteiger partial charge in [-0.05, 0) is 19.1 Å². The Labute approximate surface area is 150 Å². The second-order valence-electron chi connectivity index (χ2n) is 4.85. The molecule has 1 amide bonds. The zero-order chi connectivity index (χ0) is 17.2.